The molecule has 1 aliphatic heterocycles. The number of sulfonamides is 1. The fourth-order valence-electron chi connectivity index (χ4n) is 3.72. The van der Waals surface area contributed by atoms with Crippen LogP contribution in [0, 0.1) is 0 Å². The van der Waals surface area contributed by atoms with Gasteiger partial charge in [0, 0.05) is 23.8 Å². The second-order valence-corrected chi connectivity index (χ2v) is 9.15. The van der Waals surface area contributed by atoms with Gasteiger partial charge in [-0.05, 0) is 56.0 Å². The zero-order valence-corrected chi connectivity index (χ0v) is 18.0. The number of carbonyl (C=O) groups excluding carboxylic acids is 1. The Balaban J connectivity index is 1.95. The van der Waals surface area contributed by atoms with Crippen LogP contribution in [0.1, 0.15) is 49.0 Å². The maximum Gasteiger partial charge on any atom is 0.255 e. The molecular formula is C22H28N2O4S. The quantitative estimate of drug-likeness (QED) is 0.770. The van der Waals surface area contributed by atoms with E-state index in [1.165, 1.54) is 17.5 Å². The normalized spacial score (nSPS) is 17.7. The van der Waals surface area contributed by atoms with Crippen LogP contribution in [0.3, 0.4) is 0 Å². The molecular weight excluding hydrogens is 388 g/mol. The molecule has 3 rings (SSSR count). The number of anilines is 1. The second-order valence-electron chi connectivity index (χ2n) is 7.29. The summed E-state index contributed by atoms with van der Waals surface area (Å²) < 4.78 is 33.5. The van der Waals surface area contributed by atoms with E-state index in [2.05, 4.69) is 5.32 Å². The molecule has 1 fully saturated rings. The Kier molecular flexibility index (Phi) is 6.59. The summed E-state index contributed by atoms with van der Waals surface area (Å²) in [5.74, 6) is -0.107. The Morgan fingerprint density at radius 2 is 1.97 bits per heavy atom. The number of hydrogen-bond donors (Lipinski definition) is 1. The molecule has 0 spiro atoms. The third-order valence-corrected chi connectivity index (χ3v) is 7.44. The van der Waals surface area contributed by atoms with Gasteiger partial charge in [-0.3, -0.25) is 4.79 Å². The van der Waals surface area contributed by atoms with E-state index in [0.717, 1.165) is 36.9 Å². The summed E-state index contributed by atoms with van der Waals surface area (Å²) in [6, 6.07) is 12.0. The molecule has 1 atom stereocenters. The van der Waals surface area contributed by atoms with Gasteiger partial charge in [0.2, 0.25) is 10.0 Å². The topological polar surface area (TPSA) is 75.7 Å². The number of piperidine rings is 1. The summed E-state index contributed by atoms with van der Waals surface area (Å²) in [5, 5.41) is 2.89. The van der Waals surface area contributed by atoms with Crippen molar-refractivity contribution in [3.05, 3.63) is 53.6 Å². The first-order valence-electron chi connectivity index (χ1n) is 9.97. The van der Waals surface area contributed by atoms with E-state index in [9.17, 15) is 13.2 Å². The van der Waals surface area contributed by atoms with Crippen molar-refractivity contribution in [2.24, 2.45) is 0 Å². The van der Waals surface area contributed by atoms with Crippen LogP contribution < -0.4 is 10.1 Å². The number of nitrogens with zero attached hydrogens (tertiary/aromatic N) is 1. The van der Waals surface area contributed by atoms with Gasteiger partial charge >= 0.3 is 0 Å². The zero-order chi connectivity index (χ0) is 21.0. The number of para-hydroxylation sites is 1. The number of benzene rings is 2. The van der Waals surface area contributed by atoms with Crippen molar-refractivity contribution < 1.29 is 17.9 Å². The minimum atomic E-state index is -3.77. The first kappa shape index (κ1) is 21.3. The fourth-order valence-corrected chi connectivity index (χ4v) is 5.60. The van der Waals surface area contributed by atoms with Crippen LogP contribution >= 0.6 is 0 Å². The maximum absolute atomic E-state index is 13.3. The molecule has 1 heterocycles. The molecule has 29 heavy (non-hydrogen) atoms. The van der Waals surface area contributed by atoms with Crippen LogP contribution in [0.5, 0.6) is 5.75 Å². The molecule has 1 unspecified atom stereocenters. The number of aryl methyl sites for hydroxylation is 1. The van der Waals surface area contributed by atoms with Crippen molar-refractivity contribution in [2.75, 3.05) is 19.0 Å². The number of methoxy groups -OCH3 is 1. The lowest BCUT2D eigenvalue weighted by Gasteiger charge is -2.32. The Bertz CT molecular complexity index is 988. The lowest BCUT2D eigenvalue weighted by molar-refractivity contribution is 0.102. The maximum atomic E-state index is 13.3. The highest BCUT2D eigenvalue weighted by Gasteiger charge is 2.33. The van der Waals surface area contributed by atoms with Crippen molar-refractivity contribution in [3.8, 4) is 5.75 Å². The Morgan fingerprint density at radius 3 is 2.66 bits per heavy atom. The monoisotopic (exact) mass is 416 g/mol. The predicted octanol–water partition coefficient (Wildman–Crippen LogP) is 4.07. The summed E-state index contributed by atoms with van der Waals surface area (Å²) in [4.78, 5) is 12.9. The van der Waals surface area contributed by atoms with E-state index < -0.39 is 10.0 Å². The molecule has 0 saturated carbocycles. The van der Waals surface area contributed by atoms with E-state index in [1.807, 2.05) is 38.1 Å². The molecule has 2 aromatic rings. The molecule has 1 N–H and O–H groups in total. The third kappa shape index (κ3) is 4.46. The molecule has 1 amide bonds. The summed E-state index contributed by atoms with van der Waals surface area (Å²) in [6.45, 7) is 4.41. The minimum Gasteiger partial charge on any atom is -0.495 e. The van der Waals surface area contributed by atoms with Gasteiger partial charge in [-0.2, -0.15) is 4.31 Å². The van der Waals surface area contributed by atoms with Gasteiger partial charge in [0.15, 0.2) is 0 Å². The molecule has 1 aliphatic rings. The van der Waals surface area contributed by atoms with Gasteiger partial charge < -0.3 is 10.1 Å². The number of carbonyl (C=O) groups is 1. The molecule has 156 valence electrons. The average molecular weight is 417 g/mol. The molecule has 0 aliphatic carbocycles. The van der Waals surface area contributed by atoms with Crippen LogP contribution in [-0.4, -0.2) is 38.3 Å². The Labute approximate surface area is 172 Å². The lowest BCUT2D eigenvalue weighted by atomic mass is 10.1. The summed E-state index contributed by atoms with van der Waals surface area (Å²) in [7, 11) is -2.33. The molecule has 0 aromatic heterocycles. The smallest absolute Gasteiger partial charge is 0.255 e. The SMILES string of the molecule is CCc1ccccc1NC(=O)c1ccc(OC)c(S(=O)(=O)N2CCCCC2C)c1. The predicted molar refractivity (Wildman–Crippen MR) is 114 cm³/mol. The van der Waals surface area contributed by atoms with Crippen molar-refractivity contribution >= 4 is 21.6 Å². The van der Waals surface area contributed by atoms with Gasteiger partial charge in [0.1, 0.15) is 10.6 Å². The van der Waals surface area contributed by atoms with E-state index in [4.69, 9.17) is 4.74 Å². The van der Waals surface area contributed by atoms with E-state index in [1.54, 1.807) is 12.1 Å². The van der Waals surface area contributed by atoms with Crippen molar-refractivity contribution in [1.82, 2.24) is 4.31 Å². The van der Waals surface area contributed by atoms with Crippen LogP contribution in [-0.2, 0) is 16.4 Å². The van der Waals surface area contributed by atoms with Crippen LogP contribution in [0.4, 0.5) is 5.69 Å². The molecule has 6 nitrogen and oxygen atoms in total. The van der Waals surface area contributed by atoms with Crippen LogP contribution in [0.15, 0.2) is 47.4 Å². The molecule has 7 heteroatoms. The second kappa shape index (κ2) is 8.97. The van der Waals surface area contributed by atoms with E-state index in [0.29, 0.717) is 6.54 Å². The highest BCUT2D eigenvalue weighted by Crippen LogP contribution is 2.32. The first-order valence-corrected chi connectivity index (χ1v) is 11.4. The molecule has 1 saturated heterocycles. The summed E-state index contributed by atoms with van der Waals surface area (Å²) >= 11 is 0. The first-order chi connectivity index (χ1) is 13.9. The third-order valence-electron chi connectivity index (χ3n) is 5.40. The standard InChI is InChI=1S/C22H28N2O4S/c1-4-17-10-5-6-11-19(17)23-22(25)18-12-13-20(28-3)21(15-18)29(26,27)24-14-8-7-9-16(24)2/h5-6,10-13,15-16H,4,7-9,14H2,1-3H3,(H,23,25). The Hall–Kier alpha value is -2.38. The summed E-state index contributed by atoms with van der Waals surface area (Å²) in [6.07, 6.45) is 3.46. The average Bonchev–Trinajstić information content (AvgIpc) is 2.73. The van der Waals surface area contributed by atoms with Crippen molar-refractivity contribution in [3.63, 3.8) is 0 Å². The summed E-state index contributed by atoms with van der Waals surface area (Å²) in [5.41, 5.74) is 2.02. The number of ether oxygens (including phenoxy) is 1. The molecule has 0 radical (unpaired) electrons. The van der Waals surface area contributed by atoms with Crippen molar-refractivity contribution in [2.45, 2.75) is 50.5 Å². The number of hydrogen-bond acceptors (Lipinski definition) is 4. The lowest BCUT2D eigenvalue weighted by Crippen LogP contribution is -2.42. The number of nitrogens with one attached hydrogen (secondary N) is 1. The van der Waals surface area contributed by atoms with Gasteiger partial charge in [-0.1, -0.05) is 31.5 Å². The van der Waals surface area contributed by atoms with Gasteiger partial charge in [-0.15, -0.1) is 0 Å². The zero-order valence-electron chi connectivity index (χ0n) is 17.1. The number of rotatable bonds is 6. The van der Waals surface area contributed by atoms with Crippen LogP contribution in [0.2, 0.25) is 0 Å². The van der Waals surface area contributed by atoms with Gasteiger partial charge in [-0.25, -0.2) is 8.42 Å². The number of amides is 1. The largest absolute Gasteiger partial charge is 0.495 e. The highest BCUT2D eigenvalue weighted by atomic mass is 32.2. The fraction of sp³-hybridized carbons (Fsp3) is 0.409. The van der Waals surface area contributed by atoms with E-state index >= 15 is 0 Å². The highest BCUT2D eigenvalue weighted by molar-refractivity contribution is 7.89. The van der Waals surface area contributed by atoms with E-state index in [-0.39, 0.29) is 28.2 Å². The minimum absolute atomic E-state index is 0.0326. The Morgan fingerprint density at radius 1 is 1.21 bits per heavy atom. The molecule has 0 bridgehead atoms. The van der Waals surface area contributed by atoms with Gasteiger partial charge in [0.05, 0.1) is 7.11 Å². The molecule has 2 aromatic carbocycles. The van der Waals surface area contributed by atoms with Gasteiger partial charge in [0.25, 0.3) is 5.91 Å². The van der Waals surface area contributed by atoms with Crippen LogP contribution in [0.25, 0.3) is 0 Å². The van der Waals surface area contributed by atoms with Crippen molar-refractivity contribution in [1.29, 1.82) is 0 Å².